The van der Waals surface area contributed by atoms with E-state index in [1.54, 1.807) is 0 Å². The maximum Gasteiger partial charge on any atom is 0.100 e. The maximum atomic E-state index is 5.98. The molecule has 96 valence electrons. The average molecular weight is 236 g/mol. The largest absolute Gasteiger partial charge is 0.498 e. The predicted octanol–water partition coefficient (Wildman–Crippen LogP) is 3.81. The third-order valence-corrected chi connectivity index (χ3v) is 4.70. The summed E-state index contributed by atoms with van der Waals surface area (Å²) in [7, 11) is 0. The Balaban J connectivity index is 1.51. The molecule has 0 aromatic carbocycles. The molecular weight excluding hydrogens is 212 g/mol. The summed E-state index contributed by atoms with van der Waals surface area (Å²) < 4.78 is 11.9. The molecule has 0 spiro atoms. The molecule has 1 saturated carbocycles. The highest BCUT2D eigenvalue weighted by molar-refractivity contribution is 5.01. The molecule has 3 rings (SSSR count). The number of hydrogen-bond donors (Lipinski definition) is 0. The third kappa shape index (κ3) is 2.52. The fourth-order valence-corrected chi connectivity index (χ4v) is 3.60. The van der Waals surface area contributed by atoms with Crippen LogP contribution in [-0.2, 0) is 9.47 Å². The summed E-state index contributed by atoms with van der Waals surface area (Å²) in [5, 5.41) is 0. The highest BCUT2D eigenvalue weighted by Crippen LogP contribution is 2.41. The minimum absolute atomic E-state index is 0.333. The lowest BCUT2D eigenvalue weighted by Gasteiger charge is -2.25. The van der Waals surface area contributed by atoms with E-state index in [2.05, 4.69) is 13.2 Å². The van der Waals surface area contributed by atoms with Crippen LogP contribution in [0.3, 0.4) is 0 Å². The number of ether oxygens (including phenoxy) is 2. The van der Waals surface area contributed by atoms with Gasteiger partial charge in [-0.05, 0) is 57.4 Å². The van der Waals surface area contributed by atoms with Crippen molar-refractivity contribution in [2.45, 2.75) is 76.6 Å². The summed E-state index contributed by atoms with van der Waals surface area (Å²) >= 11 is 0. The van der Waals surface area contributed by atoms with Gasteiger partial charge in [0.15, 0.2) is 0 Å². The summed E-state index contributed by atoms with van der Waals surface area (Å²) in [6, 6.07) is 0. The van der Waals surface area contributed by atoms with Crippen molar-refractivity contribution < 1.29 is 9.47 Å². The summed E-state index contributed by atoms with van der Waals surface area (Å²) in [5.74, 6) is 0.634. The van der Waals surface area contributed by atoms with Crippen LogP contribution in [-0.4, -0.2) is 18.3 Å². The van der Waals surface area contributed by atoms with E-state index < -0.39 is 0 Å². The van der Waals surface area contributed by atoms with Gasteiger partial charge in [-0.3, -0.25) is 0 Å². The summed E-state index contributed by atoms with van der Waals surface area (Å²) in [6.07, 6.45) is 13.8. The smallest absolute Gasteiger partial charge is 0.100 e. The first-order valence-electron chi connectivity index (χ1n) is 7.32. The Bertz CT molecular complexity index is 289. The van der Waals surface area contributed by atoms with E-state index in [1.165, 1.54) is 56.9 Å². The van der Waals surface area contributed by atoms with Gasteiger partial charge in [-0.25, -0.2) is 0 Å². The fraction of sp³-hybridized carbons (Fsp3) is 0.867. The SMILES string of the molecule is CC(OC=C1CCCCC1)C1CC2CCC1O2. The van der Waals surface area contributed by atoms with Crippen LogP contribution in [0.5, 0.6) is 0 Å². The first-order valence-corrected chi connectivity index (χ1v) is 7.32. The van der Waals surface area contributed by atoms with Crippen LogP contribution in [0.1, 0.15) is 58.3 Å². The Kier molecular flexibility index (Phi) is 3.41. The zero-order valence-corrected chi connectivity index (χ0v) is 10.9. The molecule has 0 radical (unpaired) electrons. The summed E-state index contributed by atoms with van der Waals surface area (Å²) in [4.78, 5) is 0. The quantitative estimate of drug-likeness (QED) is 0.694. The Morgan fingerprint density at radius 1 is 1.24 bits per heavy atom. The molecule has 3 aliphatic rings. The van der Waals surface area contributed by atoms with Gasteiger partial charge in [-0.1, -0.05) is 6.42 Å². The second-order valence-electron chi connectivity index (χ2n) is 5.95. The minimum Gasteiger partial charge on any atom is -0.498 e. The molecule has 3 fully saturated rings. The van der Waals surface area contributed by atoms with Gasteiger partial charge in [-0.15, -0.1) is 0 Å². The van der Waals surface area contributed by atoms with Crippen molar-refractivity contribution in [2.75, 3.05) is 0 Å². The van der Waals surface area contributed by atoms with Crippen LogP contribution in [0.15, 0.2) is 11.8 Å². The Hall–Kier alpha value is -0.500. The molecule has 2 nitrogen and oxygen atoms in total. The second kappa shape index (κ2) is 5.01. The van der Waals surface area contributed by atoms with Crippen molar-refractivity contribution in [1.82, 2.24) is 0 Å². The van der Waals surface area contributed by atoms with Gasteiger partial charge in [0.2, 0.25) is 0 Å². The predicted molar refractivity (Wildman–Crippen MR) is 67.7 cm³/mol. The van der Waals surface area contributed by atoms with E-state index in [9.17, 15) is 0 Å². The molecule has 0 N–H and O–H groups in total. The van der Waals surface area contributed by atoms with E-state index in [0.29, 0.717) is 24.2 Å². The van der Waals surface area contributed by atoms with Crippen LogP contribution in [0.4, 0.5) is 0 Å². The van der Waals surface area contributed by atoms with Gasteiger partial charge >= 0.3 is 0 Å². The molecule has 2 bridgehead atoms. The normalized spacial score (nSPS) is 38.2. The van der Waals surface area contributed by atoms with Crippen molar-refractivity contribution in [3.63, 3.8) is 0 Å². The van der Waals surface area contributed by atoms with Crippen molar-refractivity contribution >= 4 is 0 Å². The molecule has 0 amide bonds. The molecular formula is C15H24O2. The first kappa shape index (κ1) is 11.6. The lowest BCUT2D eigenvalue weighted by atomic mass is 9.86. The van der Waals surface area contributed by atoms with Crippen molar-refractivity contribution in [3.8, 4) is 0 Å². The van der Waals surface area contributed by atoms with Gasteiger partial charge in [0.1, 0.15) is 6.10 Å². The van der Waals surface area contributed by atoms with Crippen molar-refractivity contribution in [3.05, 3.63) is 11.8 Å². The van der Waals surface area contributed by atoms with Gasteiger partial charge in [0.05, 0.1) is 18.5 Å². The van der Waals surface area contributed by atoms with E-state index in [-0.39, 0.29) is 0 Å². The molecule has 0 aromatic rings. The molecule has 0 aromatic heterocycles. The van der Waals surface area contributed by atoms with Crippen LogP contribution >= 0.6 is 0 Å². The molecule has 1 aliphatic carbocycles. The Morgan fingerprint density at radius 2 is 2.06 bits per heavy atom. The van der Waals surface area contributed by atoms with Crippen LogP contribution in [0.25, 0.3) is 0 Å². The van der Waals surface area contributed by atoms with E-state index in [1.807, 2.05) is 0 Å². The highest BCUT2D eigenvalue weighted by atomic mass is 16.5. The van der Waals surface area contributed by atoms with E-state index >= 15 is 0 Å². The van der Waals surface area contributed by atoms with Crippen LogP contribution in [0, 0.1) is 5.92 Å². The summed E-state index contributed by atoms with van der Waals surface area (Å²) in [5.41, 5.74) is 1.52. The number of hydrogen-bond acceptors (Lipinski definition) is 2. The lowest BCUT2D eigenvalue weighted by Crippen LogP contribution is -2.28. The highest BCUT2D eigenvalue weighted by Gasteiger charge is 2.43. The van der Waals surface area contributed by atoms with Gasteiger partial charge in [0.25, 0.3) is 0 Å². The van der Waals surface area contributed by atoms with Gasteiger partial charge < -0.3 is 9.47 Å². The molecule has 4 unspecified atom stereocenters. The van der Waals surface area contributed by atoms with Gasteiger partial charge in [-0.2, -0.15) is 0 Å². The third-order valence-electron chi connectivity index (χ3n) is 4.70. The molecule has 2 aliphatic heterocycles. The van der Waals surface area contributed by atoms with Crippen LogP contribution < -0.4 is 0 Å². The monoisotopic (exact) mass is 236 g/mol. The number of fused-ring (bicyclic) bond motifs is 2. The minimum atomic E-state index is 0.333. The van der Waals surface area contributed by atoms with E-state index in [0.717, 1.165) is 0 Å². The zero-order chi connectivity index (χ0) is 11.7. The number of allylic oxidation sites excluding steroid dienone is 1. The number of rotatable bonds is 3. The lowest BCUT2D eigenvalue weighted by molar-refractivity contribution is 0.0415. The average Bonchev–Trinajstić information content (AvgIpc) is 2.99. The fourth-order valence-electron chi connectivity index (χ4n) is 3.60. The Morgan fingerprint density at radius 3 is 2.71 bits per heavy atom. The molecule has 17 heavy (non-hydrogen) atoms. The second-order valence-corrected chi connectivity index (χ2v) is 5.95. The maximum absolute atomic E-state index is 5.98. The van der Waals surface area contributed by atoms with Crippen molar-refractivity contribution in [1.29, 1.82) is 0 Å². The molecule has 4 atom stereocenters. The molecule has 2 saturated heterocycles. The zero-order valence-electron chi connectivity index (χ0n) is 10.9. The molecule has 2 heterocycles. The standard InChI is InChI=1S/C15H24O2/c1-11(14-9-13-7-8-15(14)17-13)16-10-12-5-3-2-4-6-12/h10-11,13-15H,2-9H2,1H3. The van der Waals surface area contributed by atoms with Crippen molar-refractivity contribution in [2.24, 2.45) is 5.92 Å². The first-order chi connectivity index (χ1) is 8.33. The summed E-state index contributed by atoms with van der Waals surface area (Å²) in [6.45, 7) is 2.22. The van der Waals surface area contributed by atoms with Gasteiger partial charge in [0, 0.05) is 5.92 Å². The Labute approximate surface area is 104 Å². The topological polar surface area (TPSA) is 18.5 Å². The van der Waals surface area contributed by atoms with E-state index in [4.69, 9.17) is 9.47 Å². The van der Waals surface area contributed by atoms with Crippen LogP contribution in [0.2, 0.25) is 0 Å². The molecule has 2 heteroatoms.